The topological polar surface area (TPSA) is 83.6 Å². The number of likely N-dealkylation sites (tertiary alicyclic amines) is 1. The zero-order chi connectivity index (χ0) is 12.1. The summed E-state index contributed by atoms with van der Waals surface area (Å²) < 4.78 is 0. The highest BCUT2D eigenvalue weighted by Gasteiger charge is 2.26. The molecule has 1 aliphatic rings. The summed E-state index contributed by atoms with van der Waals surface area (Å²) in [5.74, 6) is -1.08. The van der Waals surface area contributed by atoms with E-state index in [2.05, 4.69) is 4.90 Å². The maximum atomic E-state index is 11.1. The van der Waals surface area contributed by atoms with Crippen molar-refractivity contribution in [1.29, 1.82) is 0 Å². The van der Waals surface area contributed by atoms with Crippen molar-refractivity contribution < 1.29 is 14.7 Å². The Kier molecular flexibility index (Phi) is 4.73. The molecule has 0 saturated carbocycles. The Balaban J connectivity index is 2.40. The van der Waals surface area contributed by atoms with E-state index in [9.17, 15) is 9.59 Å². The zero-order valence-corrected chi connectivity index (χ0v) is 9.69. The van der Waals surface area contributed by atoms with Gasteiger partial charge in [0.1, 0.15) is 0 Å². The first kappa shape index (κ1) is 13.0. The van der Waals surface area contributed by atoms with E-state index >= 15 is 0 Å². The number of nitrogens with two attached hydrogens (primary N) is 1. The molecule has 2 unspecified atom stereocenters. The minimum absolute atomic E-state index is 0.0685. The monoisotopic (exact) mass is 228 g/mol. The molecule has 92 valence electrons. The van der Waals surface area contributed by atoms with Crippen molar-refractivity contribution in [3.8, 4) is 0 Å². The lowest BCUT2D eigenvalue weighted by Gasteiger charge is -2.35. The van der Waals surface area contributed by atoms with Gasteiger partial charge in [0.05, 0.1) is 5.92 Å². The van der Waals surface area contributed by atoms with Gasteiger partial charge in [0.2, 0.25) is 5.91 Å². The largest absolute Gasteiger partial charge is 0.481 e. The lowest BCUT2D eigenvalue weighted by molar-refractivity contribution is -0.137. The summed E-state index contributed by atoms with van der Waals surface area (Å²) in [7, 11) is 0. The van der Waals surface area contributed by atoms with Crippen LogP contribution in [0.15, 0.2) is 0 Å². The smallest absolute Gasteiger partial charge is 0.303 e. The SMILES string of the molecule is CC(CCC(=O)O)N1CCCC(C(N)=O)C1. The Morgan fingerprint density at radius 3 is 2.81 bits per heavy atom. The Bertz CT molecular complexity index is 268. The number of primary amides is 1. The van der Waals surface area contributed by atoms with E-state index in [-0.39, 0.29) is 24.3 Å². The van der Waals surface area contributed by atoms with Gasteiger partial charge in [-0.1, -0.05) is 0 Å². The average Bonchev–Trinajstić information content (AvgIpc) is 2.26. The standard InChI is InChI=1S/C11H20N2O3/c1-8(4-5-10(14)15)13-6-2-3-9(7-13)11(12)16/h8-9H,2-7H2,1H3,(H2,12,16)(H,14,15). The minimum Gasteiger partial charge on any atom is -0.481 e. The number of carbonyl (C=O) groups is 2. The van der Waals surface area contributed by atoms with Crippen LogP contribution < -0.4 is 5.73 Å². The van der Waals surface area contributed by atoms with Crippen molar-refractivity contribution in [1.82, 2.24) is 4.90 Å². The van der Waals surface area contributed by atoms with Crippen molar-refractivity contribution in [2.24, 2.45) is 11.7 Å². The van der Waals surface area contributed by atoms with Crippen molar-refractivity contribution in [2.45, 2.75) is 38.6 Å². The molecule has 0 aromatic rings. The van der Waals surface area contributed by atoms with Crippen LogP contribution in [0.1, 0.15) is 32.6 Å². The lowest BCUT2D eigenvalue weighted by atomic mass is 9.95. The molecule has 0 aromatic heterocycles. The second-order valence-electron chi connectivity index (χ2n) is 4.52. The average molecular weight is 228 g/mol. The number of amides is 1. The summed E-state index contributed by atoms with van der Waals surface area (Å²) in [6.45, 7) is 3.62. The van der Waals surface area contributed by atoms with Crippen LogP contribution in [0.2, 0.25) is 0 Å². The molecule has 1 saturated heterocycles. The van der Waals surface area contributed by atoms with Crippen LogP contribution in [0.4, 0.5) is 0 Å². The van der Waals surface area contributed by atoms with Gasteiger partial charge >= 0.3 is 5.97 Å². The normalized spacial score (nSPS) is 23.9. The van der Waals surface area contributed by atoms with Crippen LogP contribution in [0.5, 0.6) is 0 Å². The second kappa shape index (κ2) is 5.84. The predicted molar refractivity (Wildman–Crippen MR) is 59.8 cm³/mol. The molecule has 2 atom stereocenters. The van der Waals surface area contributed by atoms with Gasteiger partial charge in [0, 0.05) is 19.0 Å². The minimum atomic E-state index is -0.768. The molecule has 1 aliphatic heterocycles. The Labute approximate surface area is 95.6 Å². The summed E-state index contributed by atoms with van der Waals surface area (Å²) in [6, 6.07) is 0.207. The van der Waals surface area contributed by atoms with Crippen molar-refractivity contribution in [3.05, 3.63) is 0 Å². The van der Waals surface area contributed by atoms with Gasteiger partial charge in [-0.3, -0.25) is 14.5 Å². The molecule has 1 amide bonds. The lowest BCUT2D eigenvalue weighted by Crippen LogP contribution is -2.45. The maximum Gasteiger partial charge on any atom is 0.303 e. The summed E-state index contributed by atoms with van der Waals surface area (Å²) in [6.07, 6.45) is 2.63. The Morgan fingerprint density at radius 1 is 1.56 bits per heavy atom. The summed E-state index contributed by atoms with van der Waals surface area (Å²) in [5.41, 5.74) is 5.29. The molecule has 0 aliphatic carbocycles. The molecule has 5 heteroatoms. The summed E-state index contributed by atoms with van der Waals surface area (Å²) in [4.78, 5) is 23.7. The Hall–Kier alpha value is -1.10. The first-order valence-electron chi connectivity index (χ1n) is 5.76. The summed E-state index contributed by atoms with van der Waals surface area (Å²) >= 11 is 0. The number of piperidine rings is 1. The van der Waals surface area contributed by atoms with Crippen LogP contribution in [-0.4, -0.2) is 41.0 Å². The van der Waals surface area contributed by atoms with Gasteiger partial charge in [-0.25, -0.2) is 0 Å². The van der Waals surface area contributed by atoms with Crippen LogP contribution in [0, 0.1) is 5.92 Å². The molecular formula is C11H20N2O3. The first-order chi connectivity index (χ1) is 7.50. The van der Waals surface area contributed by atoms with Gasteiger partial charge in [-0.15, -0.1) is 0 Å². The number of carbonyl (C=O) groups excluding carboxylic acids is 1. The quantitative estimate of drug-likeness (QED) is 0.715. The van der Waals surface area contributed by atoms with E-state index in [1.54, 1.807) is 0 Å². The summed E-state index contributed by atoms with van der Waals surface area (Å²) in [5, 5.41) is 8.61. The van der Waals surface area contributed by atoms with Gasteiger partial charge in [0.15, 0.2) is 0 Å². The third-order valence-corrected chi connectivity index (χ3v) is 3.25. The molecule has 0 aromatic carbocycles. The molecule has 0 radical (unpaired) electrons. The fraction of sp³-hybridized carbons (Fsp3) is 0.818. The fourth-order valence-corrected chi connectivity index (χ4v) is 2.15. The maximum absolute atomic E-state index is 11.1. The highest BCUT2D eigenvalue weighted by atomic mass is 16.4. The molecule has 1 fully saturated rings. The zero-order valence-electron chi connectivity index (χ0n) is 9.69. The van der Waals surface area contributed by atoms with Crippen molar-refractivity contribution in [3.63, 3.8) is 0 Å². The molecule has 1 heterocycles. The molecule has 5 nitrogen and oxygen atoms in total. The molecule has 1 rings (SSSR count). The van der Waals surface area contributed by atoms with Gasteiger partial charge in [-0.05, 0) is 32.7 Å². The van der Waals surface area contributed by atoms with E-state index in [0.717, 1.165) is 19.4 Å². The predicted octanol–water partition coefficient (Wildman–Crippen LogP) is 0.437. The number of carboxylic acids is 1. The van der Waals surface area contributed by atoms with Crippen LogP contribution in [0.25, 0.3) is 0 Å². The highest BCUT2D eigenvalue weighted by molar-refractivity contribution is 5.76. The third kappa shape index (κ3) is 3.81. The van der Waals surface area contributed by atoms with E-state index < -0.39 is 5.97 Å². The van der Waals surface area contributed by atoms with Crippen LogP contribution in [-0.2, 0) is 9.59 Å². The Morgan fingerprint density at radius 2 is 2.25 bits per heavy atom. The molecule has 0 bridgehead atoms. The van der Waals surface area contributed by atoms with Crippen LogP contribution in [0.3, 0.4) is 0 Å². The number of hydrogen-bond donors (Lipinski definition) is 2. The number of rotatable bonds is 5. The third-order valence-electron chi connectivity index (χ3n) is 3.25. The van der Waals surface area contributed by atoms with Crippen molar-refractivity contribution in [2.75, 3.05) is 13.1 Å². The number of hydrogen-bond acceptors (Lipinski definition) is 3. The van der Waals surface area contributed by atoms with E-state index in [1.165, 1.54) is 0 Å². The number of aliphatic carboxylic acids is 1. The first-order valence-corrected chi connectivity index (χ1v) is 5.76. The van der Waals surface area contributed by atoms with E-state index in [1.807, 2.05) is 6.92 Å². The van der Waals surface area contributed by atoms with Crippen LogP contribution >= 0.6 is 0 Å². The highest BCUT2D eigenvalue weighted by Crippen LogP contribution is 2.19. The number of carboxylic acid groups (broad SMARTS) is 1. The molecule has 3 N–H and O–H groups in total. The fourth-order valence-electron chi connectivity index (χ4n) is 2.15. The van der Waals surface area contributed by atoms with E-state index in [4.69, 9.17) is 10.8 Å². The van der Waals surface area contributed by atoms with Gasteiger partial charge in [-0.2, -0.15) is 0 Å². The molecule has 0 spiro atoms. The van der Waals surface area contributed by atoms with E-state index in [0.29, 0.717) is 13.0 Å². The van der Waals surface area contributed by atoms with Crippen molar-refractivity contribution >= 4 is 11.9 Å². The molecule has 16 heavy (non-hydrogen) atoms. The molecular weight excluding hydrogens is 208 g/mol. The second-order valence-corrected chi connectivity index (χ2v) is 4.52. The number of nitrogens with zero attached hydrogens (tertiary/aromatic N) is 1. The van der Waals surface area contributed by atoms with Gasteiger partial charge < -0.3 is 10.8 Å². The van der Waals surface area contributed by atoms with Gasteiger partial charge in [0.25, 0.3) is 0 Å².